The van der Waals surface area contributed by atoms with Gasteiger partial charge in [0.2, 0.25) is 0 Å². The quantitative estimate of drug-likeness (QED) is 0.698. The lowest BCUT2D eigenvalue weighted by Crippen LogP contribution is -2.16. The zero-order valence-electron chi connectivity index (χ0n) is 19.5. The van der Waals surface area contributed by atoms with Crippen molar-refractivity contribution in [1.82, 2.24) is 0 Å². The fraction of sp³-hybridized carbons (Fsp3) is 0.500. The molecule has 2 aromatic carbocycles. The summed E-state index contributed by atoms with van der Waals surface area (Å²) in [6.07, 6.45) is 0. The Morgan fingerprint density at radius 1 is 0.469 bits per heavy atom. The molecule has 8 heteroatoms. The first-order valence-electron chi connectivity index (χ1n) is 10.8. The lowest BCUT2D eigenvalue weighted by Gasteiger charge is -2.19. The maximum atomic E-state index is 5.93. The number of rotatable bonds is 2. The van der Waals surface area contributed by atoms with E-state index in [1.54, 1.807) is 0 Å². The van der Waals surface area contributed by atoms with Gasteiger partial charge in [0.05, 0.1) is 26.4 Å². The number of nitrogens with zero attached hydrogens (tertiary/aromatic N) is 2. The molecule has 0 amide bonds. The number of hydrogen-bond donors (Lipinski definition) is 0. The molecule has 0 fully saturated rings. The van der Waals surface area contributed by atoms with Crippen molar-refractivity contribution in [3.8, 4) is 23.0 Å². The van der Waals surface area contributed by atoms with E-state index < -0.39 is 0 Å². The molecule has 0 aliphatic carbocycles. The number of ether oxygens (including phenoxy) is 6. The van der Waals surface area contributed by atoms with Gasteiger partial charge in [0.1, 0.15) is 26.4 Å². The normalized spacial score (nSPS) is 15.9. The minimum Gasteiger partial charge on any atom is -0.487 e. The SMILES string of the molecule is CN(C)c1ccc2c(c1)OCCOCCOc1ccc(N(C)C)cc1OCCOCCO2. The first kappa shape index (κ1) is 23.8. The van der Waals surface area contributed by atoms with Gasteiger partial charge in [0, 0.05) is 51.7 Å². The minimum absolute atomic E-state index is 0.412. The third kappa shape index (κ3) is 7.10. The molecule has 32 heavy (non-hydrogen) atoms. The molecule has 0 N–H and O–H groups in total. The van der Waals surface area contributed by atoms with Crippen LogP contribution in [-0.4, -0.2) is 81.0 Å². The van der Waals surface area contributed by atoms with Gasteiger partial charge in [-0.05, 0) is 24.3 Å². The second kappa shape index (κ2) is 12.3. The highest BCUT2D eigenvalue weighted by Gasteiger charge is 2.11. The molecule has 1 heterocycles. The first-order valence-corrected chi connectivity index (χ1v) is 10.8. The fourth-order valence-corrected chi connectivity index (χ4v) is 3.06. The van der Waals surface area contributed by atoms with Crippen molar-refractivity contribution in [2.45, 2.75) is 0 Å². The lowest BCUT2D eigenvalue weighted by molar-refractivity contribution is 0.0640. The fourth-order valence-electron chi connectivity index (χ4n) is 3.06. The third-order valence-corrected chi connectivity index (χ3v) is 4.83. The molecule has 0 atom stereocenters. The van der Waals surface area contributed by atoms with E-state index in [1.165, 1.54) is 0 Å². The largest absolute Gasteiger partial charge is 0.487 e. The third-order valence-electron chi connectivity index (χ3n) is 4.83. The number of anilines is 2. The molecule has 0 saturated carbocycles. The lowest BCUT2D eigenvalue weighted by atomic mass is 10.2. The van der Waals surface area contributed by atoms with Gasteiger partial charge in [0.25, 0.3) is 0 Å². The Bertz CT molecular complexity index is 774. The molecule has 0 aromatic heterocycles. The average Bonchev–Trinajstić information content (AvgIpc) is 2.78. The van der Waals surface area contributed by atoms with E-state index in [9.17, 15) is 0 Å². The molecule has 0 radical (unpaired) electrons. The van der Waals surface area contributed by atoms with Crippen molar-refractivity contribution < 1.29 is 28.4 Å². The van der Waals surface area contributed by atoms with Crippen LogP contribution in [0.1, 0.15) is 0 Å². The zero-order chi connectivity index (χ0) is 22.8. The Morgan fingerprint density at radius 2 is 0.812 bits per heavy atom. The molecule has 0 saturated heterocycles. The summed E-state index contributed by atoms with van der Waals surface area (Å²) >= 11 is 0. The van der Waals surface area contributed by atoms with Gasteiger partial charge in [-0.3, -0.25) is 0 Å². The molecule has 1 aliphatic heterocycles. The van der Waals surface area contributed by atoms with Crippen molar-refractivity contribution >= 4 is 11.4 Å². The molecule has 0 unspecified atom stereocenters. The van der Waals surface area contributed by atoms with Crippen LogP contribution in [0.25, 0.3) is 0 Å². The van der Waals surface area contributed by atoms with Crippen LogP contribution in [0.4, 0.5) is 11.4 Å². The van der Waals surface area contributed by atoms with Crippen LogP contribution in [-0.2, 0) is 9.47 Å². The van der Waals surface area contributed by atoms with Crippen molar-refractivity contribution in [3.05, 3.63) is 36.4 Å². The zero-order valence-corrected chi connectivity index (χ0v) is 19.5. The Balaban J connectivity index is 1.63. The predicted molar refractivity (Wildman–Crippen MR) is 125 cm³/mol. The molecular formula is C24H34N2O6. The van der Waals surface area contributed by atoms with Crippen LogP contribution in [0, 0.1) is 0 Å². The second-order valence-electron chi connectivity index (χ2n) is 7.67. The van der Waals surface area contributed by atoms with Gasteiger partial charge in [-0.25, -0.2) is 0 Å². The summed E-state index contributed by atoms with van der Waals surface area (Å²) in [6.45, 7) is 3.44. The van der Waals surface area contributed by atoms with E-state index in [0.29, 0.717) is 75.9 Å². The van der Waals surface area contributed by atoms with Gasteiger partial charge in [-0.2, -0.15) is 0 Å². The van der Waals surface area contributed by atoms with E-state index in [2.05, 4.69) is 0 Å². The van der Waals surface area contributed by atoms with Gasteiger partial charge in [-0.1, -0.05) is 0 Å². The molecule has 0 bridgehead atoms. The van der Waals surface area contributed by atoms with Gasteiger partial charge < -0.3 is 38.2 Å². The standard InChI is InChI=1S/C24H34N2O6/c1-25(2)19-5-7-21-23(17-19)31-15-11-27-10-14-30-22-8-6-20(26(3)4)18-24(22)32-16-12-28-9-13-29-21/h5-8,17-18H,9-16H2,1-4H3. The van der Waals surface area contributed by atoms with Crippen molar-refractivity contribution in [1.29, 1.82) is 0 Å². The second-order valence-corrected chi connectivity index (χ2v) is 7.67. The Kier molecular flexibility index (Phi) is 9.13. The van der Waals surface area contributed by atoms with E-state index in [4.69, 9.17) is 28.4 Å². The summed E-state index contributed by atoms with van der Waals surface area (Å²) in [5.74, 6) is 2.74. The van der Waals surface area contributed by atoms with Gasteiger partial charge in [0.15, 0.2) is 23.0 Å². The summed E-state index contributed by atoms with van der Waals surface area (Å²) < 4.78 is 35.0. The highest BCUT2D eigenvalue weighted by atomic mass is 16.6. The van der Waals surface area contributed by atoms with Crippen LogP contribution in [0.15, 0.2) is 36.4 Å². The van der Waals surface area contributed by atoms with Crippen molar-refractivity contribution in [2.24, 2.45) is 0 Å². The van der Waals surface area contributed by atoms with E-state index in [0.717, 1.165) is 11.4 Å². The smallest absolute Gasteiger partial charge is 0.163 e. The summed E-state index contributed by atoms with van der Waals surface area (Å²) in [5, 5.41) is 0. The number of benzene rings is 2. The van der Waals surface area contributed by atoms with E-state index >= 15 is 0 Å². The van der Waals surface area contributed by atoms with E-state index in [-0.39, 0.29) is 0 Å². The summed E-state index contributed by atoms with van der Waals surface area (Å²) in [5.41, 5.74) is 2.07. The topological polar surface area (TPSA) is 61.9 Å². The van der Waals surface area contributed by atoms with Crippen LogP contribution in [0.5, 0.6) is 23.0 Å². The Hall–Kier alpha value is -2.84. The number of hydrogen-bond acceptors (Lipinski definition) is 8. The van der Waals surface area contributed by atoms with E-state index in [1.807, 2.05) is 74.4 Å². The predicted octanol–water partition coefficient (Wildman–Crippen LogP) is 3.08. The first-order chi connectivity index (χ1) is 15.5. The Morgan fingerprint density at radius 3 is 1.16 bits per heavy atom. The Labute approximate surface area is 190 Å². The van der Waals surface area contributed by atoms with Gasteiger partial charge >= 0.3 is 0 Å². The summed E-state index contributed by atoms with van der Waals surface area (Å²) in [4.78, 5) is 4.04. The molecular weight excluding hydrogens is 412 g/mol. The molecule has 2 aromatic rings. The highest BCUT2D eigenvalue weighted by Crippen LogP contribution is 2.32. The number of fused-ring (bicyclic) bond motifs is 2. The highest BCUT2D eigenvalue weighted by molar-refractivity contribution is 5.56. The van der Waals surface area contributed by atoms with Crippen molar-refractivity contribution in [3.63, 3.8) is 0 Å². The minimum atomic E-state index is 0.412. The van der Waals surface area contributed by atoms with Crippen LogP contribution >= 0.6 is 0 Å². The molecule has 8 nitrogen and oxygen atoms in total. The molecule has 176 valence electrons. The molecule has 0 spiro atoms. The van der Waals surface area contributed by atoms with Crippen LogP contribution in [0.3, 0.4) is 0 Å². The monoisotopic (exact) mass is 446 g/mol. The molecule has 1 aliphatic rings. The summed E-state index contributed by atoms with van der Waals surface area (Å²) in [6, 6.07) is 11.8. The summed E-state index contributed by atoms with van der Waals surface area (Å²) in [7, 11) is 7.95. The van der Waals surface area contributed by atoms with Crippen LogP contribution < -0.4 is 28.7 Å². The van der Waals surface area contributed by atoms with Gasteiger partial charge in [-0.15, -0.1) is 0 Å². The van der Waals surface area contributed by atoms with Crippen molar-refractivity contribution in [2.75, 3.05) is 90.8 Å². The maximum Gasteiger partial charge on any atom is 0.163 e. The molecule has 3 rings (SSSR count). The van der Waals surface area contributed by atoms with Crippen LogP contribution in [0.2, 0.25) is 0 Å². The maximum absolute atomic E-state index is 5.93. The average molecular weight is 447 g/mol.